The lowest BCUT2D eigenvalue weighted by Gasteiger charge is -2.20. The number of sulfonamides is 1. The Morgan fingerprint density at radius 2 is 2.10 bits per heavy atom. The fraction of sp³-hybridized carbons (Fsp3) is 0.417. The van der Waals surface area contributed by atoms with E-state index in [4.69, 9.17) is 5.26 Å². The lowest BCUT2D eigenvalue weighted by molar-refractivity contribution is -0.387. The molecule has 0 amide bonds. The molecule has 7 nitrogen and oxygen atoms in total. The minimum Gasteiger partial charge on any atom is -0.258 e. The van der Waals surface area contributed by atoms with Crippen LogP contribution < -0.4 is 0 Å². The van der Waals surface area contributed by atoms with Crippen LogP contribution >= 0.6 is 0 Å². The molecule has 0 saturated heterocycles. The third-order valence-corrected chi connectivity index (χ3v) is 4.98. The first-order chi connectivity index (χ1) is 9.36. The van der Waals surface area contributed by atoms with Gasteiger partial charge in [-0.15, -0.1) is 0 Å². The maximum atomic E-state index is 12.5. The zero-order chi connectivity index (χ0) is 15.3. The average Bonchev–Trinajstić information content (AvgIpc) is 2.38. The van der Waals surface area contributed by atoms with E-state index in [0.29, 0.717) is 5.56 Å². The Labute approximate surface area is 117 Å². The molecule has 0 aromatic heterocycles. The van der Waals surface area contributed by atoms with Crippen LogP contribution in [0.1, 0.15) is 18.9 Å². The summed E-state index contributed by atoms with van der Waals surface area (Å²) in [7, 11) is -3.99. The zero-order valence-electron chi connectivity index (χ0n) is 11.2. The standard InChI is InChI=1S/C12H15N3O4S/c1-3-14(9-5-8-13)20(18,19)12-10(2)6-4-7-11(12)15(16)17/h4,6-7H,3,5,9H2,1-2H3. The van der Waals surface area contributed by atoms with E-state index in [0.717, 1.165) is 10.4 Å². The molecule has 20 heavy (non-hydrogen) atoms. The van der Waals surface area contributed by atoms with E-state index in [1.807, 2.05) is 6.07 Å². The molecule has 0 unspecified atom stereocenters. The van der Waals surface area contributed by atoms with E-state index >= 15 is 0 Å². The highest BCUT2D eigenvalue weighted by atomic mass is 32.2. The number of nitro groups is 1. The Hall–Kier alpha value is -1.98. The topological polar surface area (TPSA) is 104 Å². The van der Waals surface area contributed by atoms with Crippen LogP contribution in [0.3, 0.4) is 0 Å². The lowest BCUT2D eigenvalue weighted by Crippen LogP contribution is -2.32. The highest BCUT2D eigenvalue weighted by Crippen LogP contribution is 2.29. The quantitative estimate of drug-likeness (QED) is 0.588. The van der Waals surface area contributed by atoms with Gasteiger partial charge in [-0.05, 0) is 12.5 Å². The molecule has 8 heteroatoms. The van der Waals surface area contributed by atoms with Crippen LogP contribution in [0, 0.1) is 28.4 Å². The van der Waals surface area contributed by atoms with Gasteiger partial charge in [0.1, 0.15) is 0 Å². The molecule has 0 saturated carbocycles. The summed E-state index contributed by atoms with van der Waals surface area (Å²) in [5, 5.41) is 19.6. The maximum Gasteiger partial charge on any atom is 0.289 e. The Balaban J connectivity index is 3.42. The summed E-state index contributed by atoms with van der Waals surface area (Å²) in [6.07, 6.45) is 0.0345. The third kappa shape index (κ3) is 3.12. The highest BCUT2D eigenvalue weighted by molar-refractivity contribution is 7.89. The van der Waals surface area contributed by atoms with Crippen LogP contribution in [-0.2, 0) is 10.0 Å². The molecular formula is C12H15N3O4S. The smallest absolute Gasteiger partial charge is 0.258 e. The SMILES string of the molecule is CCN(CCC#N)S(=O)(=O)c1c(C)cccc1[N+](=O)[O-]. The molecule has 0 fully saturated rings. The zero-order valence-corrected chi connectivity index (χ0v) is 12.1. The highest BCUT2D eigenvalue weighted by Gasteiger charge is 2.32. The first kappa shape index (κ1) is 16.1. The van der Waals surface area contributed by atoms with E-state index in [1.165, 1.54) is 19.1 Å². The fourth-order valence-electron chi connectivity index (χ4n) is 1.87. The second kappa shape index (κ2) is 6.45. The molecule has 108 valence electrons. The van der Waals surface area contributed by atoms with Gasteiger partial charge in [0, 0.05) is 25.6 Å². The number of nitro benzene ring substituents is 1. The molecule has 0 aliphatic rings. The predicted octanol–water partition coefficient (Wildman–Crippen LogP) is 1.83. The van der Waals surface area contributed by atoms with Gasteiger partial charge >= 0.3 is 0 Å². The minimum atomic E-state index is -3.99. The minimum absolute atomic E-state index is 0.0147. The van der Waals surface area contributed by atoms with Gasteiger partial charge in [-0.1, -0.05) is 19.1 Å². The molecule has 0 N–H and O–H groups in total. The summed E-state index contributed by atoms with van der Waals surface area (Å²) in [5.74, 6) is 0. The first-order valence-corrected chi connectivity index (χ1v) is 7.41. The molecule has 1 aromatic rings. The van der Waals surface area contributed by atoms with E-state index in [9.17, 15) is 18.5 Å². The summed E-state index contributed by atoms with van der Waals surface area (Å²) < 4.78 is 26.1. The number of nitrogens with zero attached hydrogens (tertiary/aromatic N) is 3. The molecular weight excluding hydrogens is 282 g/mol. The van der Waals surface area contributed by atoms with E-state index in [-0.39, 0.29) is 24.4 Å². The van der Waals surface area contributed by atoms with Crippen LogP contribution in [0.15, 0.2) is 23.1 Å². The van der Waals surface area contributed by atoms with Crippen molar-refractivity contribution in [1.82, 2.24) is 4.31 Å². The van der Waals surface area contributed by atoms with Gasteiger partial charge in [-0.25, -0.2) is 8.42 Å². The normalized spacial score (nSPS) is 11.3. The van der Waals surface area contributed by atoms with Crippen molar-refractivity contribution in [3.63, 3.8) is 0 Å². The molecule has 0 aliphatic carbocycles. The molecule has 1 aromatic carbocycles. The number of hydrogen-bond acceptors (Lipinski definition) is 5. The first-order valence-electron chi connectivity index (χ1n) is 5.97. The van der Waals surface area contributed by atoms with Gasteiger partial charge in [0.05, 0.1) is 11.0 Å². The second-order valence-corrected chi connectivity index (χ2v) is 5.96. The van der Waals surface area contributed by atoms with Crippen LogP contribution in [0.25, 0.3) is 0 Å². The Morgan fingerprint density at radius 3 is 2.60 bits per heavy atom. The average molecular weight is 297 g/mol. The van der Waals surface area contributed by atoms with Gasteiger partial charge < -0.3 is 0 Å². The van der Waals surface area contributed by atoms with E-state index in [1.54, 1.807) is 6.92 Å². The van der Waals surface area contributed by atoms with E-state index in [2.05, 4.69) is 0 Å². The maximum absolute atomic E-state index is 12.5. The van der Waals surface area contributed by atoms with Crippen LogP contribution in [0.5, 0.6) is 0 Å². The third-order valence-electron chi connectivity index (χ3n) is 2.81. The molecule has 0 atom stereocenters. The molecule has 0 bridgehead atoms. The van der Waals surface area contributed by atoms with Crippen molar-refractivity contribution in [3.05, 3.63) is 33.9 Å². The molecule has 0 radical (unpaired) electrons. The van der Waals surface area contributed by atoms with Crippen LogP contribution in [0.2, 0.25) is 0 Å². The van der Waals surface area contributed by atoms with Crippen molar-refractivity contribution >= 4 is 15.7 Å². The Kier molecular flexibility index (Phi) is 5.19. The summed E-state index contributed by atoms with van der Waals surface area (Å²) in [6.45, 7) is 3.30. The summed E-state index contributed by atoms with van der Waals surface area (Å²) in [4.78, 5) is 10.0. The molecule has 1 rings (SSSR count). The number of hydrogen-bond donors (Lipinski definition) is 0. The van der Waals surface area contributed by atoms with Gasteiger partial charge in [-0.2, -0.15) is 9.57 Å². The van der Waals surface area contributed by atoms with Crippen molar-refractivity contribution in [2.45, 2.75) is 25.2 Å². The summed E-state index contributed by atoms with van der Waals surface area (Å²) in [5.41, 5.74) is -0.130. The van der Waals surface area contributed by atoms with Gasteiger partial charge in [0.2, 0.25) is 10.0 Å². The largest absolute Gasteiger partial charge is 0.289 e. The van der Waals surface area contributed by atoms with E-state index < -0.39 is 20.6 Å². The number of aryl methyl sites for hydroxylation is 1. The summed E-state index contributed by atoms with van der Waals surface area (Å²) >= 11 is 0. The monoisotopic (exact) mass is 297 g/mol. The predicted molar refractivity (Wildman–Crippen MR) is 72.5 cm³/mol. The molecule has 0 heterocycles. The molecule has 0 aliphatic heterocycles. The number of benzene rings is 1. The van der Waals surface area contributed by atoms with Crippen molar-refractivity contribution in [1.29, 1.82) is 5.26 Å². The van der Waals surface area contributed by atoms with Gasteiger partial charge in [0.25, 0.3) is 5.69 Å². The fourth-order valence-corrected chi connectivity index (χ4v) is 3.68. The van der Waals surface area contributed by atoms with Crippen LogP contribution in [-0.4, -0.2) is 30.7 Å². The van der Waals surface area contributed by atoms with Crippen molar-refractivity contribution in [2.24, 2.45) is 0 Å². The Bertz CT molecular complexity index is 649. The van der Waals surface area contributed by atoms with Crippen molar-refractivity contribution in [2.75, 3.05) is 13.1 Å². The number of rotatable bonds is 6. The van der Waals surface area contributed by atoms with Crippen LogP contribution in [0.4, 0.5) is 5.69 Å². The summed E-state index contributed by atoms with van der Waals surface area (Å²) in [6, 6.07) is 5.99. The van der Waals surface area contributed by atoms with Crippen molar-refractivity contribution in [3.8, 4) is 6.07 Å². The Morgan fingerprint density at radius 1 is 1.45 bits per heavy atom. The lowest BCUT2D eigenvalue weighted by atomic mass is 10.2. The van der Waals surface area contributed by atoms with Gasteiger partial charge in [0.15, 0.2) is 4.90 Å². The van der Waals surface area contributed by atoms with Gasteiger partial charge in [-0.3, -0.25) is 10.1 Å². The molecule has 0 spiro atoms. The van der Waals surface area contributed by atoms with Crippen molar-refractivity contribution < 1.29 is 13.3 Å². The second-order valence-electron chi connectivity index (χ2n) is 4.09. The number of nitriles is 1.